The zero-order valence-corrected chi connectivity index (χ0v) is 10.5. The molecule has 0 aromatic heterocycles. The molecule has 0 bridgehead atoms. The Morgan fingerprint density at radius 3 is 2.76 bits per heavy atom. The van der Waals surface area contributed by atoms with Crippen LogP contribution in [0.15, 0.2) is 18.2 Å². The van der Waals surface area contributed by atoms with Gasteiger partial charge in [-0.3, -0.25) is 4.79 Å². The van der Waals surface area contributed by atoms with E-state index in [-0.39, 0.29) is 5.91 Å². The molecule has 1 saturated heterocycles. The van der Waals surface area contributed by atoms with Crippen LogP contribution >= 0.6 is 11.6 Å². The van der Waals surface area contributed by atoms with Crippen LogP contribution in [-0.2, 0) is 0 Å². The minimum absolute atomic E-state index is 0.0401. The summed E-state index contributed by atoms with van der Waals surface area (Å²) in [6, 6.07) is 5.33. The highest BCUT2D eigenvalue weighted by Crippen LogP contribution is 2.22. The summed E-state index contributed by atoms with van der Waals surface area (Å²) in [5, 5.41) is 6.83. The Morgan fingerprint density at radius 1 is 1.41 bits per heavy atom. The number of anilines is 1. The van der Waals surface area contributed by atoms with Crippen LogP contribution in [0.2, 0.25) is 5.02 Å². The zero-order chi connectivity index (χ0) is 12.3. The number of benzene rings is 1. The number of carbonyl (C=O) groups is 1. The number of carbonyl (C=O) groups excluding carboxylic acids is 1. The number of piperazine rings is 1. The molecular weight excluding hydrogens is 238 g/mol. The minimum atomic E-state index is 0.0401. The molecule has 0 spiro atoms. The van der Waals surface area contributed by atoms with Gasteiger partial charge < -0.3 is 15.5 Å². The maximum Gasteiger partial charge on any atom is 0.256 e. The summed E-state index contributed by atoms with van der Waals surface area (Å²) in [6.07, 6.45) is 0. The van der Waals surface area contributed by atoms with E-state index < -0.39 is 0 Å². The van der Waals surface area contributed by atoms with E-state index in [1.54, 1.807) is 19.2 Å². The summed E-state index contributed by atoms with van der Waals surface area (Å²) in [5.41, 5.74) is 1.46. The van der Waals surface area contributed by atoms with Crippen molar-refractivity contribution in [1.82, 2.24) is 10.2 Å². The normalized spacial score (nSPS) is 15.8. The fraction of sp³-hybridized carbons (Fsp3) is 0.417. The molecule has 4 nitrogen and oxygen atoms in total. The van der Waals surface area contributed by atoms with Gasteiger partial charge >= 0.3 is 0 Å². The number of halogens is 1. The van der Waals surface area contributed by atoms with E-state index in [4.69, 9.17) is 11.6 Å². The summed E-state index contributed by atoms with van der Waals surface area (Å²) in [6.45, 7) is 3.19. The van der Waals surface area contributed by atoms with E-state index in [1.165, 1.54) is 0 Å². The van der Waals surface area contributed by atoms with Crippen molar-refractivity contribution in [3.8, 4) is 0 Å². The van der Waals surface area contributed by atoms with E-state index >= 15 is 0 Å². The first kappa shape index (κ1) is 12.2. The van der Waals surface area contributed by atoms with Crippen molar-refractivity contribution in [2.45, 2.75) is 0 Å². The molecule has 2 N–H and O–H groups in total. The predicted molar refractivity (Wildman–Crippen MR) is 69.8 cm³/mol. The third kappa shape index (κ3) is 2.70. The number of hydrogen-bond donors (Lipinski definition) is 2. The average Bonchev–Trinajstić information content (AvgIpc) is 2.39. The quantitative estimate of drug-likeness (QED) is 0.838. The SMILES string of the molecule is CNc1ccc(Cl)cc1C(=O)N1CCNCC1. The summed E-state index contributed by atoms with van der Waals surface area (Å²) in [5.74, 6) is 0.0401. The van der Waals surface area contributed by atoms with Gasteiger partial charge in [0.25, 0.3) is 5.91 Å². The highest BCUT2D eigenvalue weighted by Gasteiger charge is 2.20. The molecule has 0 unspecified atom stereocenters. The van der Waals surface area contributed by atoms with Gasteiger partial charge in [-0.15, -0.1) is 0 Å². The molecule has 1 amide bonds. The molecular formula is C12H16ClN3O. The zero-order valence-electron chi connectivity index (χ0n) is 9.79. The highest BCUT2D eigenvalue weighted by atomic mass is 35.5. The van der Waals surface area contributed by atoms with Crippen molar-refractivity contribution < 1.29 is 4.79 Å². The first-order valence-electron chi connectivity index (χ1n) is 5.69. The summed E-state index contributed by atoms with van der Waals surface area (Å²) in [4.78, 5) is 14.2. The van der Waals surface area contributed by atoms with E-state index in [2.05, 4.69) is 10.6 Å². The summed E-state index contributed by atoms with van der Waals surface area (Å²) >= 11 is 5.95. The molecule has 0 saturated carbocycles. The predicted octanol–water partition coefficient (Wildman–Crippen LogP) is 1.43. The molecule has 1 aromatic rings. The lowest BCUT2D eigenvalue weighted by molar-refractivity contribution is 0.0737. The third-order valence-electron chi connectivity index (χ3n) is 2.89. The Bertz CT molecular complexity index is 416. The van der Waals surface area contributed by atoms with E-state index in [1.807, 2.05) is 11.0 Å². The molecule has 1 heterocycles. The van der Waals surface area contributed by atoms with E-state index in [9.17, 15) is 4.79 Å². The molecule has 1 fully saturated rings. The first-order valence-corrected chi connectivity index (χ1v) is 6.07. The Labute approximate surface area is 106 Å². The Kier molecular flexibility index (Phi) is 3.86. The molecule has 92 valence electrons. The smallest absolute Gasteiger partial charge is 0.256 e. The van der Waals surface area contributed by atoms with Crippen LogP contribution < -0.4 is 10.6 Å². The molecule has 1 aliphatic heterocycles. The largest absolute Gasteiger partial charge is 0.387 e. The van der Waals surface area contributed by atoms with Crippen LogP contribution in [0.4, 0.5) is 5.69 Å². The van der Waals surface area contributed by atoms with Gasteiger partial charge in [0, 0.05) is 43.9 Å². The lowest BCUT2D eigenvalue weighted by atomic mass is 10.1. The fourth-order valence-corrected chi connectivity index (χ4v) is 2.12. The summed E-state index contributed by atoms with van der Waals surface area (Å²) < 4.78 is 0. The van der Waals surface area contributed by atoms with Crippen LogP contribution in [0.1, 0.15) is 10.4 Å². The Balaban J connectivity index is 2.25. The molecule has 17 heavy (non-hydrogen) atoms. The van der Waals surface area contributed by atoms with Crippen molar-refractivity contribution >= 4 is 23.2 Å². The number of rotatable bonds is 2. The number of hydrogen-bond acceptors (Lipinski definition) is 3. The Hall–Kier alpha value is -1.26. The van der Waals surface area contributed by atoms with Gasteiger partial charge in [0.2, 0.25) is 0 Å². The molecule has 2 rings (SSSR count). The molecule has 1 aliphatic rings. The van der Waals surface area contributed by atoms with Gasteiger partial charge in [0.05, 0.1) is 5.56 Å². The van der Waals surface area contributed by atoms with Crippen LogP contribution in [0, 0.1) is 0 Å². The van der Waals surface area contributed by atoms with Crippen LogP contribution in [0.5, 0.6) is 0 Å². The van der Waals surface area contributed by atoms with Crippen molar-refractivity contribution in [2.24, 2.45) is 0 Å². The molecule has 0 radical (unpaired) electrons. The fourth-order valence-electron chi connectivity index (χ4n) is 1.95. The number of nitrogens with one attached hydrogen (secondary N) is 2. The lowest BCUT2D eigenvalue weighted by Gasteiger charge is -2.28. The second kappa shape index (κ2) is 5.38. The van der Waals surface area contributed by atoms with Gasteiger partial charge in [0.15, 0.2) is 0 Å². The van der Waals surface area contributed by atoms with Crippen LogP contribution in [-0.4, -0.2) is 44.0 Å². The maximum absolute atomic E-state index is 12.3. The van der Waals surface area contributed by atoms with Gasteiger partial charge in [-0.05, 0) is 18.2 Å². The van der Waals surface area contributed by atoms with Crippen molar-refractivity contribution in [3.05, 3.63) is 28.8 Å². The van der Waals surface area contributed by atoms with Crippen LogP contribution in [0.3, 0.4) is 0 Å². The highest BCUT2D eigenvalue weighted by molar-refractivity contribution is 6.31. The van der Waals surface area contributed by atoms with Crippen molar-refractivity contribution in [3.63, 3.8) is 0 Å². The van der Waals surface area contributed by atoms with E-state index in [0.717, 1.165) is 31.9 Å². The number of amides is 1. The second-order valence-corrected chi connectivity index (χ2v) is 4.42. The summed E-state index contributed by atoms with van der Waals surface area (Å²) in [7, 11) is 1.80. The third-order valence-corrected chi connectivity index (χ3v) is 3.12. The standard InChI is InChI=1S/C12H16ClN3O/c1-14-11-3-2-9(13)8-10(11)12(17)16-6-4-15-5-7-16/h2-3,8,14-15H,4-7H2,1H3. The monoisotopic (exact) mass is 253 g/mol. The van der Waals surface area contributed by atoms with Gasteiger partial charge in [-0.2, -0.15) is 0 Å². The molecule has 0 atom stereocenters. The molecule has 5 heteroatoms. The van der Waals surface area contributed by atoms with Crippen molar-refractivity contribution in [1.29, 1.82) is 0 Å². The molecule has 1 aromatic carbocycles. The van der Waals surface area contributed by atoms with Crippen LogP contribution in [0.25, 0.3) is 0 Å². The Morgan fingerprint density at radius 2 is 2.12 bits per heavy atom. The van der Waals surface area contributed by atoms with E-state index in [0.29, 0.717) is 10.6 Å². The topological polar surface area (TPSA) is 44.4 Å². The van der Waals surface area contributed by atoms with Gasteiger partial charge in [-0.25, -0.2) is 0 Å². The van der Waals surface area contributed by atoms with Crippen molar-refractivity contribution in [2.75, 3.05) is 38.5 Å². The minimum Gasteiger partial charge on any atom is -0.387 e. The second-order valence-electron chi connectivity index (χ2n) is 3.98. The average molecular weight is 254 g/mol. The molecule has 0 aliphatic carbocycles. The first-order chi connectivity index (χ1) is 8.22. The number of nitrogens with zero attached hydrogens (tertiary/aromatic N) is 1. The van der Waals surface area contributed by atoms with Gasteiger partial charge in [-0.1, -0.05) is 11.6 Å². The maximum atomic E-state index is 12.3. The van der Waals surface area contributed by atoms with Gasteiger partial charge in [0.1, 0.15) is 0 Å². The lowest BCUT2D eigenvalue weighted by Crippen LogP contribution is -2.46.